The van der Waals surface area contributed by atoms with Gasteiger partial charge in [-0.25, -0.2) is 15.0 Å². The number of halogens is 1. The fraction of sp³-hybridized carbons (Fsp3) is 0. The first-order valence-corrected chi connectivity index (χ1v) is 8.67. The molecular weight excluding hydrogens is 376 g/mol. The zero-order chi connectivity index (χ0) is 19.3. The summed E-state index contributed by atoms with van der Waals surface area (Å²) in [6, 6.07) is 13.2. The van der Waals surface area contributed by atoms with E-state index in [1.807, 2.05) is 36.4 Å². The highest BCUT2D eigenvalue weighted by Gasteiger charge is 2.19. The highest BCUT2D eigenvalue weighted by atomic mass is 35.5. The van der Waals surface area contributed by atoms with Crippen molar-refractivity contribution in [3.05, 3.63) is 53.3 Å². The average Bonchev–Trinajstić information content (AvgIpc) is 3.34. The molecule has 0 bridgehead atoms. The van der Waals surface area contributed by atoms with E-state index >= 15 is 0 Å². The number of aromatic nitrogens is 6. The number of hydrogen-bond acceptors (Lipinski definition) is 6. The van der Waals surface area contributed by atoms with Crippen LogP contribution in [0.15, 0.2) is 42.6 Å². The van der Waals surface area contributed by atoms with E-state index in [-0.39, 0.29) is 11.5 Å². The van der Waals surface area contributed by atoms with Gasteiger partial charge in [0.05, 0.1) is 27.8 Å². The number of benzene rings is 2. The molecule has 0 saturated heterocycles. The molecule has 0 saturated carbocycles. The minimum Gasteiger partial charge on any atom is -0.381 e. The Morgan fingerprint density at radius 3 is 2.75 bits per heavy atom. The summed E-state index contributed by atoms with van der Waals surface area (Å²) in [4.78, 5) is 16.7. The van der Waals surface area contributed by atoms with E-state index in [2.05, 4.69) is 30.1 Å². The van der Waals surface area contributed by atoms with E-state index in [4.69, 9.17) is 17.3 Å². The molecule has 0 unspecified atom stereocenters. The van der Waals surface area contributed by atoms with Crippen LogP contribution in [-0.4, -0.2) is 30.1 Å². The van der Waals surface area contributed by atoms with Gasteiger partial charge in [0.1, 0.15) is 17.5 Å². The van der Waals surface area contributed by atoms with Crippen LogP contribution in [0.1, 0.15) is 5.69 Å². The standard InChI is InChI=1S/C19H11ClN8/c20-11-6-9(5-10-8-23-28-15(10)11)16-17(27-18(22)14(7-21)24-16)19-25-12-3-1-2-4-13(12)26-19/h1-6,8H,(H2,22,27)(H,23,28)(H,25,26). The molecule has 28 heavy (non-hydrogen) atoms. The molecule has 134 valence electrons. The van der Waals surface area contributed by atoms with Crippen molar-refractivity contribution in [1.29, 1.82) is 5.26 Å². The maximum Gasteiger partial charge on any atom is 0.183 e. The lowest BCUT2D eigenvalue weighted by atomic mass is 10.1. The Bertz CT molecular complexity index is 1380. The van der Waals surface area contributed by atoms with Gasteiger partial charge in [0.25, 0.3) is 0 Å². The summed E-state index contributed by atoms with van der Waals surface area (Å²) >= 11 is 6.39. The Hall–Kier alpha value is -3.96. The third-order valence-electron chi connectivity index (χ3n) is 4.42. The number of anilines is 1. The summed E-state index contributed by atoms with van der Waals surface area (Å²) in [5.41, 5.74) is 9.91. The summed E-state index contributed by atoms with van der Waals surface area (Å²) < 4.78 is 0. The van der Waals surface area contributed by atoms with Gasteiger partial charge < -0.3 is 10.7 Å². The van der Waals surface area contributed by atoms with Gasteiger partial charge in [-0.1, -0.05) is 23.7 Å². The van der Waals surface area contributed by atoms with E-state index < -0.39 is 0 Å². The first kappa shape index (κ1) is 16.2. The average molecular weight is 387 g/mol. The number of nitrogens with two attached hydrogens (primary N) is 1. The Balaban J connectivity index is 1.81. The third kappa shape index (κ3) is 2.46. The third-order valence-corrected chi connectivity index (χ3v) is 4.71. The van der Waals surface area contributed by atoms with Crippen LogP contribution in [0.2, 0.25) is 5.02 Å². The maximum atomic E-state index is 9.36. The van der Waals surface area contributed by atoms with E-state index in [0.29, 0.717) is 27.8 Å². The Morgan fingerprint density at radius 1 is 1.07 bits per heavy atom. The molecule has 0 spiro atoms. The lowest BCUT2D eigenvalue weighted by Crippen LogP contribution is -2.04. The second-order valence-corrected chi connectivity index (χ2v) is 6.57. The Morgan fingerprint density at radius 2 is 1.93 bits per heavy atom. The summed E-state index contributed by atoms with van der Waals surface area (Å²) in [5.74, 6) is 0.542. The van der Waals surface area contributed by atoms with E-state index in [1.165, 1.54) is 0 Å². The zero-order valence-corrected chi connectivity index (χ0v) is 15.0. The Labute approximate surface area is 163 Å². The summed E-state index contributed by atoms with van der Waals surface area (Å²) in [6.07, 6.45) is 1.67. The van der Waals surface area contributed by atoms with Gasteiger partial charge in [-0.15, -0.1) is 0 Å². The molecule has 5 rings (SSSR count). The van der Waals surface area contributed by atoms with E-state index in [1.54, 1.807) is 12.3 Å². The van der Waals surface area contributed by atoms with Crippen LogP contribution < -0.4 is 5.73 Å². The first-order chi connectivity index (χ1) is 13.6. The number of nitriles is 1. The van der Waals surface area contributed by atoms with Crippen molar-refractivity contribution in [2.75, 3.05) is 5.73 Å². The van der Waals surface area contributed by atoms with Crippen LogP contribution in [0.25, 0.3) is 44.7 Å². The molecule has 2 aromatic carbocycles. The zero-order valence-electron chi connectivity index (χ0n) is 14.2. The molecule has 0 radical (unpaired) electrons. The number of hydrogen-bond donors (Lipinski definition) is 3. The van der Waals surface area contributed by atoms with Crippen molar-refractivity contribution in [1.82, 2.24) is 30.1 Å². The molecule has 8 nitrogen and oxygen atoms in total. The minimum atomic E-state index is 0.0391. The van der Waals surface area contributed by atoms with E-state index in [9.17, 15) is 5.26 Å². The summed E-state index contributed by atoms with van der Waals surface area (Å²) in [5, 5.41) is 17.5. The monoisotopic (exact) mass is 386 g/mol. The van der Waals surface area contributed by atoms with Gasteiger partial charge in [-0.05, 0) is 24.3 Å². The van der Waals surface area contributed by atoms with Gasteiger partial charge in [0.2, 0.25) is 0 Å². The van der Waals surface area contributed by atoms with Crippen molar-refractivity contribution < 1.29 is 0 Å². The van der Waals surface area contributed by atoms with Crippen LogP contribution in [0.4, 0.5) is 5.82 Å². The van der Waals surface area contributed by atoms with Crippen LogP contribution in [0.5, 0.6) is 0 Å². The first-order valence-electron chi connectivity index (χ1n) is 8.30. The minimum absolute atomic E-state index is 0.0391. The molecule has 0 aliphatic rings. The predicted molar refractivity (Wildman–Crippen MR) is 106 cm³/mol. The lowest BCUT2D eigenvalue weighted by Gasteiger charge is -2.09. The molecule has 0 atom stereocenters. The number of nitrogens with one attached hydrogen (secondary N) is 2. The largest absolute Gasteiger partial charge is 0.381 e. The number of nitrogen functional groups attached to an aromatic ring is 1. The quantitative estimate of drug-likeness (QED) is 0.424. The fourth-order valence-corrected chi connectivity index (χ4v) is 3.38. The highest BCUT2D eigenvalue weighted by Crippen LogP contribution is 2.34. The fourth-order valence-electron chi connectivity index (χ4n) is 3.11. The van der Waals surface area contributed by atoms with Gasteiger partial charge >= 0.3 is 0 Å². The smallest absolute Gasteiger partial charge is 0.183 e. The number of rotatable bonds is 2. The van der Waals surface area contributed by atoms with Crippen LogP contribution >= 0.6 is 11.6 Å². The molecule has 0 aliphatic carbocycles. The number of para-hydroxylation sites is 2. The van der Waals surface area contributed by atoms with Crippen molar-refractivity contribution in [3.63, 3.8) is 0 Å². The lowest BCUT2D eigenvalue weighted by molar-refractivity contribution is 1.12. The number of fused-ring (bicyclic) bond motifs is 2. The normalized spacial score (nSPS) is 11.1. The Kier molecular flexibility index (Phi) is 3.50. The molecule has 0 amide bonds. The van der Waals surface area contributed by atoms with Crippen LogP contribution in [-0.2, 0) is 0 Å². The molecule has 3 heterocycles. The molecular formula is C19H11ClN8. The predicted octanol–water partition coefficient (Wildman–Crippen LogP) is 3.67. The van der Waals surface area contributed by atoms with Crippen molar-refractivity contribution in [2.24, 2.45) is 0 Å². The van der Waals surface area contributed by atoms with Gasteiger partial charge in [0.15, 0.2) is 17.3 Å². The van der Waals surface area contributed by atoms with Crippen LogP contribution in [0.3, 0.4) is 0 Å². The second-order valence-electron chi connectivity index (χ2n) is 6.16. The van der Waals surface area contributed by atoms with Crippen LogP contribution in [0, 0.1) is 11.3 Å². The molecule has 3 aromatic heterocycles. The SMILES string of the molecule is N#Cc1nc(-c2cc(Cl)c3[nH]ncc3c2)c(-c2nc3ccccc3[nH]2)nc1N. The topological polar surface area (TPSA) is 133 Å². The summed E-state index contributed by atoms with van der Waals surface area (Å²) in [6.45, 7) is 0. The van der Waals surface area contributed by atoms with Gasteiger partial charge in [-0.2, -0.15) is 10.4 Å². The van der Waals surface area contributed by atoms with Crippen molar-refractivity contribution in [3.8, 4) is 28.8 Å². The molecule has 9 heteroatoms. The van der Waals surface area contributed by atoms with Gasteiger partial charge in [0, 0.05) is 10.9 Å². The molecule has 0 aliphatic heterocycles. The maximum absolute atomic E-state index is 9.36. The van der Waals surface area contributed by atoms with Crippen molar-refractivity contribution in [2.45, 2.75) is 0 Å². The second kappa shape index (κ2) is 6.04. The highest BCUT2D eigenvalue weighted by molar-refractivity contribution is 6.35. The summed E-state index contributed by atoms with van der Waals surface area (Å²) in [7, 11) is 0. The number of H-pyrrole nitrogens is 2. The van der Waals surface area contributed by atoms with E-state index in [0.717, 1.165) is 21.9 Å². The molecule has 4 N–H and O–H groups in total. The molecule has 5 aromatic rings. The van der Waals surface area contributed by atoms with Crippen molar-refractivity contribution >= 4 is 39.4 Å². The number of nitrogens with zero attached hydrogens (tertiary/aromatic N) is 5. The number of imidazole rings is 1. The van der Waals surface area contributed by atoms with Gasteiger partial charge in [-0.3, -0.25) is 5.10 Å². The molecule has 0 fully saturated rings. The number of aromatic amines is 2.